The van der Waals surface area contributed by atoms with Gasteiger partial charge in [-0.25, -0.2) is 9.78 Å². The number of hydrogen-bond donors (Lipinski definition) is 2. The fourth-order valence-corrected chi connectivity index (χ4v) is 5.98. The molecule has 2 heterocycles. The van der Waals surface area contributed by atoms with E-state index in [9.17, 15) is 19.5 Å². The van der Waals surface area contributed by atoms with E-state index in [1.54, 1.807) is 4.90 Å². The molecule has 0 radical (unpaired) electrons. The third kappa shape index (κ3) is 5.10. The van der Waals surface area contributed by atoms with Gasteiger partial charge >= 0.3 is 12.1 Å². The molecule has 1 atom stereocenters. The Balaban J connectivity index is 1.59. The molecule has 3 aromatic rings. The van der Waals surface area contributed by atoms with Crippen LogP contribution in [-0.2, 0) is 33.8 Å². The first kappa shape index (κ1) is 25.8. The maximum Gasteiger partial charge on any atom is 0.409 e. The van der Waals surface area contributed by atoms with E-state index in [0.29, 0.717) is 32.5 Å². The van der Waals surface area contributed by atoms with E-state index in [1.165, 1.54) is 19.6 Å². The first-order chi connectivity index (χ1) is 18.4. The van der Waals surface area contributed by atoms with Gasteiger partial charge in [0.1, 0.15) is 5.82 Å². The normalized spacial score (nSPS) is 20.0. The summed E-state index contributed by atoms with van der Waals surface area (Å²) in [5.41, 5.74) is 5.01. The van der Waals surface area contributed by atoms with Gasteiger partial charge in [-0.1, -0.05) is 36.4 Å². The second-order valence-corrected chi connectivity index (χ2v) is 10.3. The summed E-state index contributed by atoms with van der Waals surface area (Å²) >= 11 is 0. The summed E-state index contributed by atoms with van der Waals surface area (Å²) in [6, 6.07) is 13.8. The van der Waals surface area contributed by atoms with Crippen molar-refractivity contribution in [3.05, 3.63) is 65.0 Å². The highest BCUT2D eigenvalue weighted by Crippen LogP contribution is 2.39. The lowest BCUT2D eigenvalue weighted by molar-refractivity contribution is -0.142. The minimum absolute atomic E-state index is 0.113. The maximum absolute atomic E-state index is 12.3. The van der Waals surface area contributed by atoms with Gasteiger partial charge < -0.3 is 24.6 Å². The monoisotopic (exact) mass is 518 g/mol. The number of fused-ring (bicyclic) bond motifs is 3. The number of carboxylic acid groups (broad SMARTS) is 1. The van der Waals surface area contributed by atoms with Crippen molar-refractivity contribution in [3.63, 3.8) is 0 Å². The Hall–Kier alpha value is -3.88. The van der Waals surface area contributed by atoms with Crippen molar-refractivity contribution in [3.8, 4) is 0 Å². The molecule has 2 N–H and O–H groups in total. The second-order valence-electron chi connectivity index (χ2n) is 10.3. The lowest BCUT2D eigenvalue weighted by atomic mass is 9.81. The first-order valence-electron chi connectivity index (χ1n) is 13.2. The van der Waals surface area contributed by atoms with Crippen LogP contribution in [-0.4, -0.2) is 51.2 Å². The number of benzene rings is 2. The number of carboxylic acids is 1. The van der Waals surface area contributed by atoms with E-state index in [2.05, 4.69) is 22.0 Å². The van der Waals surface area contributed by atoms with E-state index in [4.69, 9.17) is 9.72 Å². The fourth-order valence-electron chi connectivity index (χ4n) is 5.98. The van der Waals surface area contributed by atoms with Crippen LogP contribution >= 0.6 is 0 Å². The zero-order chi connectivity index (χ0) is 26.8. The predicted molar refractivity (Wildman–Crippen MR) is 142 cm³/mol. The van der Waals surface area contributed by atoms with Crippen molar-refractivity contribution in [1.29, 1.82) is 0 Å². The third-order valence-electron chi connectivity index (χ3n) is 7.97. The highest BCUT2D eigenvalue weighted by Gasteiger charge is 2.32. The first-order valence-corrected chi connectivity index (χ1v) is 13.2. The zero-order valence-electron chi connectivity index (χ0n) is 21.9. The minimum atomic E-state index is -0.733. The number of ether oxygens (including phenoxy) is 1. The highest BCUT2D eigenvalue weighted by molar-refractivity contribution is 5.82. The second kappa shape index (κ2) is 10.8. The van der Waals surface area contributed by atoms with Gasteiger partial charge in [-0.3, -0.25) is 9.59 Å². The summed E-state index contributed by atoms with van der Waals surface area (Å²) < 4.78 is 7.18. The molecule has 0 spiro atoms. The van der Waals surface area contributed by atoms with Gasteiger partial charge in [0.2, 0.25) is 5.91 Å². The number of carbonyl (C=O) groups excluding carboxylic acids is 2. The van der Waals surface area contributed by atoms with Gasteiger partial charge in [0.15, 0.2) is 0 Å². The Morgan fingerprint density at radius 3 is 2.50 bits per heavy atom. The summed E-state index contributed by atoms with van der Waals surface area (Å²) in [6.07, 6.45) is 3.09. The molecule has 2 aromatic carbocycles. The van der Waals surface area contributed by atoms with E-state index < -0.39 is 5.97 Å². The van der Waals surface area contributed by atoms with E-state index >= 15 is 0 Å². The number of methoxy groups -OCH3 is 1. The molecular weight excluding hydrogens is 484 g/mol. The van der Waals surface area contributed by atoms with Crippen LogP contribution in [0.2, 0.25) is 0 Å². The number of amides is 2. The average molecular weight is 519 g/mol. The van der Waals surface area contributed by atoms with Crippen molar-refractivity contribution in [2.75, 3.05) is 13.7 Å². The van der Waals surface area contributed by atoms with Crippen LogP contribution in [0.3, 0.4) is 0 Å². The Morgan fingerprint density at radius 2 is 1.84 bits per heavy atom. The topological polar surface area (TPSA) is 114 Å². The van der Waals surface area contributed by atoms with Gasteiger partial charge in [0, 0.05) is 31.5 Å². The Morgan fingerprint density at radius 1 is 1.11 bits per heavy atom. The van der Waals surface area contributed by atoms with E-state index in [1.807, 2.05) is 30.3 Å². The SMILES string of the molecule is COC(=O)N1CCc2ccc3c(nc(C4CCC(C(=O)O)CC4)n3CC(NC(C)=O)c3ccccc3)c2C1. The Labute approximate surface area is 221 Å². The van der Waals surface area contributed by atoms with Gasteiger partial charge in [-0.15, -0.1) is 0 Å². The number of hydrogen-bond acceptors (Lipinski definition) is 5. The van der Waals surface area contributed by atoms with Gasteiger partial charge in [0.25, 0.3) is 0 Å². The molecule has 1 fully saturated rings. The van der Waals surface area contributed by atoms with E-state index in [0.717, 1.165) is 47.2 Å². The summed E-state index contributed by atoms with van der Waals surface area (Å²) in [5, 5.41) is 12.6. The number of nitrogens with zero attached hydrogens (tertiary/aromatic N) is 3. The van der Waals surface area contributed by atoms with Crippen molar-refractivity contribution in [1.82, 2.24) is 19.8 Å². The van der Waals surface area contributed by atoms with Gasteiger partial charge in [0.05, 0.1) is 36.6 Å². The molecule has 2 amide bonds. The molecule has 1 aliphatic heterocycles. The summed E-state index contributed by atoms with van der Waals surface area (Å²) in [7, 11) is 1.39. The van der Waals surface area contributed by atoms with Crippen LogP contribution in [0.5, 0.6) is 0 Å². The standard InChI is InChI=1S/C29H34N4O5/c1-18(34)30-24(20-6-4-3-5-7-20)17-33-25-13-12-19-14-15-32(29(37)38-2)16-23(19)26(25)31-27(33)21-8-10-22(11-9-21)28(35)36/h3-7,12-13,21-22,24H,8-11,14-17H2,1-2H3,(H,30,34)(H,35,36). The average Bonchev–Trinajstić information content (AvgIpc) is 3.31. The van der Waals surface area contributed by atoms with Crippen molar-refractivity contribution in [2.45, 2.75) is 64.1 Å². The maximum atomic E-state index is 12.3. The molecule has 5 rings (SSSR count). The van der Waals surface area contributed by atoms with Crippen LogP contribution in [0.1, 0.15) is 67.1 Å². The summed E-state index contributed by atoms with van der Waals surface area (Å²) in [4.78, 5) is 43.0. The molecule has 2 aliphatic rings. The zero-order valence-corrected chi connectivity index (χ0v) is 21.9. The smallest absolute Gasteiger partial charge is 0.409 e. The molecule has 0 bridgehead atoms. The molecule has 9 heteroatoms. The summed E-state index contributed by atoms with van der Waals surface area (Å²) in [6.45, 7) is 3.04. The number of aliphatic carboxylic acids is 1. The Bertz CT molecular complexity index is 1340. The molecule has 1 saturated carbocycles. The number of nitrogens with one attached hydrogen (secondary N) is 1. The molecule has 1 unspecified atom stereocenters. The molecule has 38 heavy (non-hydrogen) atoms. The number of aromatic nitrogens is 2. The third-order valence-corrected chi connectivity index (χ3v) is 7.97. The van der Waals surface area contributed by atoms with Crippen molar-refractivity contribution >= 4 is 29.0 Å². The molecule has 9 nitrogen and oxygen atoms in total. The quantitative estimate of drug-likeness (QED) is 0.500. The van der Waals surface area contributed by atoms with Gasteiger partial charge in [-0.05, 0) is 49.3 Å². The van der Waals surface area contributed by atoms with E-state index in [-0.39, 0.29) is 29.9 Å². The minimum Gasteiger partial charge on any atom is -0.481 e. The Kier molecular flexibility index (Phi) is 7.35. The molecule has 0 saturated heterocycles. The fraction of sp³-hybridized carbons (Fsp3) is 0.448. The molecule has 1 aliphatic carbocycles. The molecular formula is C29H34N4O5. The van der Waals surface area contributed by atoms with Crippen molar-refractivity contribution in [2.24, 2.45) is 5.92 Å². The number of rotatable bonds is 6. The number of imidazole rings is 1. The summed E-state index contributed by atoms with van der Waals surface area (Å²) in [5.74, 6) is -0.134. The van der Waals surface area contributed by atoms with Crippen LogP contribution in [0.25, 0.3) is 11.0 Å². The van der Waals surface area contributed by atoms with Crippen LogP contribution < -0.4 is 5.32 Å². The van der Waals surface area contributed by atoms with Gasteiger partial charge in [-0.2, -0.15) is 0 Å². The van der Waals surface area contributed by atoms with Crippen LogP contribution in [0.4, 0.5) is 4.79 Å². The lowest BCUT2D eigenvalue weighted by Crippen LogP contribution is -2.35. The lowest BCUT2D eigenvalue weighted by Gasteiger charge is -2.28. The van der Waals surface area contributed by atoms with Crippen molar-refractivity contribution < 1.29 is 24.2 Å². The highest BCUT2D eigenvalue weighted by atomic mass is 16.5. The number of carbonyl (C=O) groups is 3. The molecule has 1 aromatic heterocycles. The van der Waals surface area contributed by atoms with Crippen LogP contribution in [0.15, 0.2) is 42.5 Å². The predicted octanol–water partition coefficient (Wildman–Crippen LogP) is 4.40. The van der Waals surface area contributed by atoms with Crippen LogP contribution in [0, 0.1) is 5.92 Å². The largest absolute Gasteiger partial charge is 0.481 e. The molecule has 200 valence electrons.